The quantitative estimate of drug-likeness (QED) is 0.698. The zero-order chi connectivity index (χ0) is 18.8. The number of carbonyl (C=O) groups is 2. The Morgan fingerprint density at radius 1 is 1.23 bits per heavy atom. The summed E-state index contributed by atoms with van der Waals surface area (Å²) < 4.78 is 20.8. The third-order valence-electron chi connectivity index (χ3n) is 3.86. The third-order valence-corrected chi connectivity index (χ3v) is 3.86. The number of carbonyl (C=O) groups excluding carboxylic acids is 2. The van der Waals surface area contributed by atoms with E-state index >= 15 is 0 Å². The summed E-state index contributed by atoms with van der Waals surface area (Å²) in [6.45, 7) is 4.90. The second-order valence-corrected chi connectivity index (χ2v) is 5.78. The monoisotopic (exact) mass is 358 g/mol. The van der Waals surface area contributed by atoms with Crippen molar-refractivity contribution in [1.29, 1.82) is 0 Å². The van der Waals surface area contributed by atoms with Crippen LogP contribution in [0.2, 0.25) is 0 Å². The first-order chi connectivity index (χ1) is 12.4. The van der Waals surface area contributed by atoms with E-state index in [2.05, 4.69) is 10.5 Å². The molecule has 0 fully saturated rings. The SMILES string of the molecule is COc1ccc2oc(C(=O)O[C@H](C)C(=O)Nc3cc(C)on3)c(C)c2c1. The van der Waals surface area contributed by atoms with Crippen molar-refractivity contribution >= 4 is 28.7 Å². The van der Waals surface area contributed by atoms with E-state index in [0.29, 0.717) is 22.7 Å². The fourth-order valence-corrected chi connectivity index (χ4v) is 2.44. The van der Waals surface area contributed by atoms with Crippen molar-refractivity contribution in [3.63, 3.8) is 0 Å². The summed E-state index contributed by atoms with van der Waals surface area (Å²) in [6, 6.07) is 6.77. The molecular weight excluding hydrogens is 340 g/mol. The van der Waals surface area contributed by atoms with Gasteiger partial charge in [0.05, 0.1) is 7.11 Å². The van der Waals surface area contributed by atoms with Crippen LogP contribution in [0.15, 0.2) is 33.2 Å². The van der Waals surface area contributed by atoms with E-state index in [4.69, 9.17) is 18.4 Å². The number of furan rings is 1. The van der Waals surface area contributed by atoms with Crippen molar-refractivity contribution in [2.24, 2.45) is 0 Å². The van der Waals surface area contributed by atoms with Gasteiger partial charge in [-0.1, -0.05) is 5.16 Å². The Hall–Kier alpha value is -3.29. The summed E-state index contributed by atoms with van der Waals surface area (Å²) in [7, 11) is 1.56. The van der Waals surface area contributed by atoms with Crippen LogP contribution in [-0.4, -0.2) is 30.2 Å². The smallest absolute Gasteiger partial charge is 0.375 e. The molecule has 0 aliphatic carbocycles. The molecule has 8 nitrogen and oxygen atoms in total. The minimum atomic E-state index is -1.04. The molecule has 0 radical (unpaired) electrons. The Balaban J connectivity index is 1.73. The van der Waals surface area contributed by atoms with Gasteiger partial charge in [-0.25, -0.2) is 4.79 Å². The number of hydrogen-bond acceptors (Lipinski definition) is 7. The van der Waals surface area contributed by atoms with E-state index in [1.165, 1.54) is 6.92 Å². The molecule has 2 aromatic heterocycles. The maximum atomic E-state index is 12.4. The number of aromatic nitrogens is 1. The number of esters is 1. The standard InChI is InChI=1S/C18H18N2O6/c1-9-7-15(20-26-9)19-17(21)11(3)24-18(22)16-10(2)13-8-12(23-4)5-6-14(13)25-16/h5-8,11H,1-4H3,(H,19,20,21)/t11-/m1/s1. The number of ether oxygens (including phenoxy) is 2. The molecular formula is C18H18N2O6. The average molecular weight is 358 g/mol. The topological polar surface area (TPSA) is 104 Å². The minimum Gasteiger partial charge on any atom is -0.497 e. The highest BCUT2D eigenvalue weighted by Crippen LogP contribution is 2.29. The van der Waals surface area contributed by atoms with E-state index < -0.39 is 18.0 Å². The van der Waals surface area contributed by atoms with Gasteiger partial charge < -0.3 is 23.7 Å². The lowest BCUT2D eigenvalue weighted by Crippen LogP contribution is -2.30. The number of nitrogens with one attached hydrogen (secondary N) is 1. The first-order valence-electron chi connectivity index (χ1n) is 7.91. The van der Waals surface area contributed by atoms with Crippen LogP contribution < -0.4 is 10.1 Å². The van der Waals surface area contributed by atoms with Crippen LogP contribution in [0.3, 0.4) is 0 Å². The molecule has 0 saturated carbocycles. The molecule has 2 heterocycles. The zero-order valence-electron chi connectivity index (χ0n) is 14.8. The highest BCUT2D eigenvalue weighted by atomic mass is 16.6. The van der Waals surface area contributed by atoms with Gasteiger partial charge in [-0.05, 0) is 39.0 Å². The van der Waals surface area contributed by atoms with Gasteiger partial charge in [0.25, 0.3) is 5.91 Å². The normalized spacial score (nSPS) is 12.0. The lowest BCUT2D eigenvalue weighted by Gasteiger charge is -2.11. The van der Waals surface area contributed by atoms with Gasteiger partial charge in [-0.15, -0.1) is 0 Å². The highest BCUT2D eigenvalue weighted by Gasteiger charge is 2.25. The van der Waals surface area contributed by atoms with Gasteiger partial charge in [-0.2, -0.15) is 0 Å². The molecule has 0 saturated heterocycles. The Bertz CT molecular complexity index is 971. The van der Waals surface area contributed by atoms with E-state index in [1.54, 1.807) is 45.2 Å². The first kappa shape index (κ1) is 17.5. The lowest BCUT2D eigenvalue weighted by molar-refractivity contribution is -0.123. The maximum absolute atomic E-state index is 12.4. The number of anilines is 1. The fourth-order valence-electron chi connectivity index (χ4n) is 2.44. The van der Waals surface area contributed by atoms with Gasteiger partial charge in [0.15, 0.2) is 11.9 Å². The Morgan fingerprint density at radius 2 is 2.00 bits per heavy atom. The van der Waals surface area contributed by atoms with Gasteiger partial charge >= 0.3 is 5.97 Å². The molecule has 1 N–H and O–H groups in total. The molecule has 0 bridgehead atoms. The average Bonchev–Trinajstić information content (AvgIpc) is 3.17. The molecule has 3 aromatic rings. The van der Waals surface area contributed by atoms with Gasteiger partial charge in [0, 0.05) is 17.0 Å². The van der Waals surface area contributed by atoms with E-state index in [1.807, 2.05) is 0 Å². The van der Waals surface area contributed by atoms with Crippen LogP contribution in [0.25, 0.3) is 11.0 Å². The van der Waals surface area contributed by atoms with Gasteiger partial charge in [0.1, 0.15) is 17.1 Å². The molecule has 1 atom stereocenters. The second-order valence-electron chi connectivity index (χ2n) is 5.78. The summed E-state index contributed by atoms with van der Waals surface area (Å²) in [5.41, 5.74) is 1.15. The van der Waals surface area contributed by atoms with Crippen LogP contribution in [0, 0.1) is 13.8 Å². The lowest BCUT2D eigenvalue weighted by atomic mass is 10.1. The molecule has 8 heteroatoms. The van der Waals surface area contributed by atoms with E-state index in [9.17, 15) is 9.59 Å². The molecule has 1 aromatic carbocycles. The van der Waals surface area contributed by atoms with Gasteiger partial charge in [-0.3, -0.25) is 4.79 Å². The van der Waals surface area contributed by atoms with Crippen LogP contribution in [-0.2, 0) is 9.53 Å². The van der Waals surface area contributed by atoms with Crippen molar-refractivity contribution in [1.82, 2.24) is 5.16 Å². The van der Waals surface area contributed by atoms with E-state index in [0.717, 1.165) is 5.39 Å². The first-order valence-corrected chi connectivity index (χ1v) is 7.91. The Kier molecular flexibility index (Phi) is 4.66. The van der Waals surface area contributed by atoms with Crippen molar-refractivity contribution in [3.05, 3.63) is 41.3 Å². The zero-order valence-corrected chi connectivity index (χ0v) is 14.8. The summed E-state index contributed by atoms with van der Waals surface area (Å²) in [5.74, 6) is 0.251. The number of hydrogen-bond donors (Lipinski definition) is 1. The summed E-state index contributed by atoms with van der Waals surface area (Å²) in [6.07, 6.45) is -1.04. The van der Waals surface area contributed by atoms with Gasteiger partial charge in [0.2, 0.25) is 5.76 Å². The second kappa shape index (κ2) is 6.91. The number of methoxy groups -OCH3 is 1. The van der Waals surface area contributed by atoms with Crippen LogP contribution in [0.4, 0.5) is 5.82 Å². The van der Waals surface area contributed by atoms with Crippen LogP contribution in [0.5, 0.6) is 5.75 Å². The number of aryl methyl sites for hydroxylation is 2. The maximum Gasteiger partial charge on any atom is 0.375 e. The molecule has 136 valence electrons. The van der Waals surface area contributed by atoms with Crippen LogP contribution >= 0.6 is 0 Å². The highest BCUT2D eigenvalue weighted by molar-refractivity contribution is 5.99. The molecule has 3 rings (SSSR count). The minimum absolute atomic E-state index is 0.0465. The predicted molar refractivity (Wildman–Crippen MR) is 92.3 cm³/mol. The number of nitrogens with zero attached hydrogens (tertiary/aromatic N) is 1. The molecule has 26 heavy (non-hydrogen) atoms. The predicted octanol–water partition coefficient (Wildman–Crippen LogP) is 3.23. The number of amides is 1. The largest absolute Gasteiger partial charge is 0.497 e. The molecule has 0 aliphatic heterocycles. The third kappa shape index (κ3) is 3.39. The van der Waals surface area contributed by atoms with Crippen molar-refractivity contribution in [3.8, 4) is 5.75 Å². The Labute approximate surface area is 149 Å². The number of rotatable bonds is 5. The summed E-state index contributed by atoms with van der Waals surface area (Å²) >= 11 is 0. The van der Waals surface area contributed by atoms with Crippen molar-refractivity contribution in [2.75, 3.05) is 12.4 Å². The summed E-state index contributed by atoms with van der Waals surface area (Å²) in [5, 5.41) is 6.91. The van der Waals surface area contributed by atoms with Crippen molar-refractivity contribution in [2.45, 2.75) is 26.9 Å². The van der Waals surface area contributed by atoms with E-state index in [-0.39, 0.29) is 11.6 Å². The molecule has 0 spiro atoms. The number of benzene rings is 1. The molecule has 0 aliphatic rings. The molecule has 1 amide bonds. The Morgan fingerprint density at radius 3 is 2.65 bits per heavy atom. The summed E-state index contributed by atoms with van der Waals surface area (Å²) in [4.78, 5) is 24.5. The molecule has 0 unspecified atom stereocenters. The fraction of sp³-hybridized carbons (Fsp3) is 0.278. The van der Waals surface area contributed by atoms with Crippen LogP contribution in [0.1, 0.15) is 28.8 Å². The number of fused-ring (bicyclic) bond motifs is 1. The van der Waals surface area contributed by atoms with Crippen molar-refractivity contribution < 1.29 is 28.0 Å².